The number of alkyl halides is 3. The summed E-state index contributed by atoms with van der Waals surface area (Å²) in [6, 6.07) is 4.77. The fourth-order valence-electron chi connectivity index (χ4n) is 2.76. The van der Waals surface area contributed by atoms with E-state index in [4.69, 9.17) is 0 Å². The van der Waals surface area contributed by atoms with Crippen molar-refractivity contribution in [2.75, 3.05) is 0 Å². The minimum Gasteiger partial charge on any atom is -0.503 e. The molecule has 5 nitrogen and oxygen atoms in total. The van der Waals surface area contributed by atoms with E-state index in [0.29, 0.717) is 12.2 Å². The standard InChI is InChI=1S/C16H14F3N3O2/c1-3-22-15-11(8(2)21-22)13(23)14(24)12(20-15)9-6-4-5-7-10(9)16(17,18)19/h4-7,24H,3H2,1-2H3,(H,20,23). The molecule has 24 heavy (non-hydrogen) atoms. The quantitative estimate of drug-likeness (QED) is 0.752. The Morgan fingerprint density at radius 3 is 2.58 bits per heavy atom. The molecular formula is C16H14F3N3O2. The molecule has 0 spiro atoms. The van der Waals surface area contributed by atoms with Crippen molar-refractivity contribution >= 4 is 11.0 Å². The van der Waals surface area contributed by atoms with Crippen LogP contribution in [-0.4, -0.2) is 19.9 Å². The molecule has 3 rings (SSSR count). The number of hydrogen-bond donors (Lipinski definition) is 2. The minimum absolute atomic E-state index is 0.169. The van der Waals surface area contributed by atoms with Crippen molar-refractivity contribution in [2.24, 2.45) is 0 Å². The highest BCUT2D eigenvalue weighted by molar-refractivity contribution is 5.85. The van der Waals surface area contributed by atoms with Gasteiger partial charge in [0.05, 0.1) is 22.3 Å². The van der Waals surface area contributed by atoms with Gasteiger partial charge in [0.1, 0.15) is 5.65 Å². The molecule has 2 N–H and O–H groups in total. The summed E-state index contributed by atoms with van der Waals surface area (Å²) in [5.74, 6) is -0.752. The second-order valence-corrected chi connectivity index (χ2v) is 5.35. The predicted molar refractivity (Wildman–Crippen MR) is 82.9 cm³/mol. The Hall–Kier alpha value is -2.77. The number of aromatic hydroxyl groups is 1. The number of fused-ring (bicyclic) bond motifs is 1. The molecule has 0 bridgehead atoms. The monoisotopic (exact) mass is 337 g/mol. The first-order chi connectivity index (χ1) is 11.3. The summed E-state index contributed by atoms with van der Waals surface area (Å²) in [6.07, 6.45) is -4.62. The van der Waals surface area contributed by atoms with Crippen LogP contribution in [0.25, 0.3) is 22.3 Å². The molecule has 0 saturated carbocycles. The summed E-state index contributed by atoms with van der Waals surface area (Å²) in [5.41, 5.74) is -1.55. The number of aromatic amines is 1. The average molecular weight is 337 g/mol. The van der Waals surface area contributed by atoms with Crippen molar-refractivity contribution in [3.63, 3.8) is 0 Å². The molecule has 0 unspecified atom stereocenters. The third kappa shape index (κ3) is 2.34. The first-order valence-electron chi connectivity index (χ1n) is 7.24. The molecule has 126 valence electrons. The maximum atomic E-state index is 13.2. The Labute approximate surface area is 134 Å². The molecule has 1 aromatic carbocycles. The Balaban J connectivity index is 2.41. The molecule has 8 heteroatoms. The molecule has 0 atom stereocenters. The number of halogens is 3. The largest absolute Gasteiger partial charge is 0.503 e. The van der Waals surface area contributed by atoms with Crippen molar-refractivity contribution < 1.29 is 18.3 Å². The van der Waals surface area contributed by atoms with Gasteiger partial charge in [0.15, 0.2) is 5.75 Å². The van der Waals surface area contributed by atoms with Crippen LogP contribution in [0, 0.1) is 6.92 Å². The van der Waals surface area contributed by atoms with E-state index in [9.17, 15) is 23.1 Å². The minimum atomic E-state index is -4.62. The molecule has 2 heterocycles. The molecule has 0 radical (unpaired) electrons. The number of hydrogen-bond acceptors (Lipinski definition) is 3. The van der Waals surface area contributed by atoms with E-state index in [1.165, 1.54) is 22.9 Å². The Morgan fingerprint density at radius 1 is 1.29 bits per heavy atom. The second-order valence-electron chi connectivity index (χ2n) is 5.35. The molecule has 0 amide bonds. The highest BCUT2D eigenvalue weighted by Gasteiger charge is 2.34. The van der Waals surface area contributed by atoms with E-state index >= 15 is 0 Å². The molecule has 0 fully saturated rings. The number of nitrogens with one attached hydrogen (secondary N) is 1. The fourth-order valence-corrected chi connectivity index (χ4v) is 2.76. The normalized spacial score (nSPS) is 12.0. The number of pyridine rings is 1. The van der Waals surface area contributed by atoms with Crippen LogP contribution in [0.3, 0.4) is 0 Å². The van der Waals surface area contributed by atoms with E-state index < -0.39 is 22.9 Å². The number of benzene rings is 1. The first kappa shape index (κ1) is 16.1. The van der Waals surface area contributed by atoms with Gasteiger partial charge < -0.3 is 10.1 Å². The summed E-state index contributed by atoms with van der Waals surface area (Å²) < 4.78 is 41.2. The SMILES string of the molecule is CCn1nc(C)c2c(=O)c(O)c(-c3ccccc3C(F)(F)F)[nH]c21. The van der Waals surface area contributed by atoms with Gasteiger partial charge in [0, 0.05) is 12.1 Å². The zero-order chi connectivity index (χ0) is 17.6. The van der Waals surface area contributed by atoms with E-state index in [0.717, 1.165) is 6.07 Å². The van der Waals surface area contributed by atoms with Crippen LogP contribution in [-0.2, 0) is 12.7 Å². The van der Waals surface area contributed by atoms with Crippen LogP contribution in [0.2, 0.25) is 0 Å². The number of H-pyrrole nitrogens is 1. The summed E-state index contributed by atoms with van der Waals surface area (Å²) >= 11 is 0. The summed E-state index contributed by atoms with van der Waals surface area (Å²) in [4.78, 5) is 15.2. The lowest BCUT2D eigenvalue weighted by Gasteiger charge is -2.14. The number of nitrogens with zero attached hydrogens (tertiary/aromatic N) is 2. The van der Waals surface area contributed by atoms with Gasteiger partial charge in [-0.3, -0.25) is 4.79 Å². The highest BCUT2D eigenvalue weighted by Crippen LogP contribution is 2.38. The first-order valence-corrected chi connectivity index (χ1v) is 7.24. The molecule has 0 aliphatic carbocycles. The average Bonchev–Trinajstić information content (AvgIpc) is 2.86. The van der Waals surface area contributed by atoms with Crippen LogP contribution < -0.4 is 5.43 Å². The van der Waals surface area contributed by atoms with Crippen molar-refractivity contribution in [1.29, 1.82) is 0 Å². The maximum absolute atomic E-state index is 13.2. The summed E-state index contributed by atoms with van der Waals surface area (Å²) in [6.45, 7) is 3.82. The van der Waals surface area contributed by atoms with E-state index in [1.54, 1.807) is 13.8 Å². The highest BCUT2D eigenvalue weighted by atomic mass is 19.4. The van der Waals surface area contributed by atoms with Crippen LogP contribution >= 0.6 is 0 Å². The van der Waals surface area contributed by atoms with Gasteiger partial charge in [-0.15, -0.1) is 0 Å². The van der Waals surface area contributed by atoms with Crippen LogP contribution in [0.5, 0.6) is 5.75 Å². The smallest absolute Gasteiger partial charge is 0.417 e. The lowest BCUT2D eigenvalue weighted by atomic mass is 10.0. The molecule has 0 aliphatic rings. The van der Waals surface area contributed by atoms with Crippen molar-refractivity contribution in [3.8, 4) is 17.0 Å². The lowest BCUT2D eigenvalue weighted by molar-refractivity contribution is -0.137. The molecule has 0 aliphatic heterocycles. The van der Waals surface area contributed by atoms with Gasteiger partial charge >= 0.3 is 6.18 Å². The van der Waals surface area contributed by atoms with Gasteiger partial charge in [0.2, 0.25) is 5.43 Å². The van der Waals surface area contributed by atoms with Gasteiger partial charge in [-0.1, -0.05) is 18.2 Å². The van der Waals surface area contributed by atoms with Crippen molar-refractivity contribution in [3.05, 3.63) is 45.7 Å². The van der Waals surface area contributed by atoms with Crippen LogP contribution in [0.1, 0.15) is 18.2 Å². The topological polar surface area (TPSA) is 70.9 Å². The van der Waals surface area contributed by atoms with E-state index in [-0.39, 0.29) is 22.3 Å². The molecular weight excluding hydrogens is 323 g/mol. The van der Waals surface area contributed by atoms with E-state index in [2.05, 4.69) is 10.1 Å². The van der Waals surface area contributed by atoms with Crippen molar-refractivity contribution in [2.45, 2.75) is 26.6 Å². The van der Waals surface area contributed by atoms with E-state index in [1.807, 2.05) is 0 Å². The molecule has 3 aromatic rings. The summed E-state index contributed by atoms with van der Waals surface area (Å²) in [5, 5.41) is 14.5. The van der Waals surface area contributed by atoms with Gasteiger partial charge in [0.25, 0.3) is 0 Å². The Bertz CT molecular complexity index is 987. The zero-order valence-corrected chi connectivity index (χ0v) is 12.9. The number of rotatable bonds is 2. The molecule has 0 saturated heterocycles. The van der Waals surface area contributed by atoms with Gasteiger partial charge in [-0.05, 0) is 19.9 Å². The van der Waals surface area contributed by atoms with Crippen LogP contribution in [0.4, 0.5) is 13.2 Å². The van der Waals surface area contributed by atoms with Gasteiger partial charge in [-0.25, -0.2) is 4.68 Å². The second kappa shape index (κ2) is 5.40. The summed E-state index contributed by atoms with van der Waals surface area (Å²) in [7, 11) is 0. The van der Waals surface area contributed by atoms with Gasteiger partial charge in [-0.2, -0.15) is 18.3 Å². The number of aromatic nitrogens is 3. The number of aryl methyl sites for hydroxylation is 2. The Morgan fingerprint density at radius 2 is 1.96 bits per heavy atom. The lowest BCUT2D eigenvalue weighted by Crippen LogP contribution is -2.11. The fraction of sp³-hybridized carbons (Fsp3) is 0.250. The maximum Gasteiger partial charge on any atom is 0.417 e. The zero-order valence-electron chi connectivity index (χ0n) is 12.9. The third-order valence-corrected chi connectivity index (χ3v) is 3.85. The Kier molecular flexibility index (Phi) is 3.62. The van der Waals surface area contributed by atoms with Crippen LogP contribution in [0.15, 0.2) is 29.1 Å². The third-order valence-electron chi connectivity index (χ3n) is 3.85. The van der Waals surface area contributed by atoms with Crippen molar-refractivity contribution in [1.82, 2.24) is 14.8 Å². The molecule has 2 aromatic heterocycles. The predicted octanol–water partition coefficient (Wildman–Crippen LogP) is 3.44.